The SMILES string of the molecule is CO[C@@]1(C)C[C@H](NC(=O)Nc2ccn(CCN(C)C)n2)C1(C)C. The van der Waals surface area contributed by atoms with Crippen molar-refractivity contribution in [3.8, 4) is 0 Å². The van der Waals surface area contributed by atoms with Crippen LogP contribution in [-0.4, -0.2) is 60.1 Å². The molecule has 7 heteroatoms. The standard InChI is InChI=1S/C16H29N5O2/c1-15(2)12(11-16(15,3)23-6)17-14(22)18-13-7-8-21(19-13)10-9-20(4)5/h7-8,12H,9-11H2,1-6H3,(H2,17,18,19,22)/t12-,16-/m0/s1. The van der Waals surface area contributed by atoms with Crippen LogP contribution in [0.1, 0.15) is 27.2 Å². The van der Waals surface area contributed by atoms with Crippen LogP contribution in [0.2, 0.25) is 0 Å². The molecule has 23 heavy (non-hydrogen) atoms. The summed E-state index contributed by atoms with van der Waals surface area (Å²) in [7, 11) is 5.76. The van der Waals surface area contributed by atoms with Crippen molar-refractivity contribution in [1.29, 1.82) is 0 Å². The third kappa shape index (κ3) is 3.67. The third-order valence-corrected chi connectivity index (χ3v) is 5.24. The molecule has 1 saturated carbocycles. The maximum atomic E-state index is 12.2. The molecule has 0 aliphatic heterocycles. The number of likely N-dealkylation sites (N-methyl/N-ethyl adjacent to an activating group) is 1. The van der Waals surface area contributed by atoms with Crippen LogP contribution in [0.3, 0.4) is 0 Å². The molecule has 1 heterocycles. The zero-order chi connectivity index (χ0) is 17.3. The summed E-state index contributed by atoms with van der Waals surface area (Å²) in [5.41, 5.74) is -0.303. The highest BCUT2D eigenvalue weighted by atomic mass is 16.5. The number of nitrogens with zero attached hydrogens (tertiary/aromatic N) is 3. The molecule has 1 fully saturated rings. The second-order valence-corrected chi connectivity index (χ2v) is 7.28. The highest BCUT2D eigenvalue weighted by molar-refractivity contribution is 5.88. The van der Waals surface area contributed by atoms with E-state index in [9.17, 15) is 4.79 Å². The van der Waals surface area contributed by atoms with Crippen molar-refractivity contribution in [2.75, 3.05) is 33.1 Å². The lowest BCUT2D eigenvalue weighted by Crippen LogP contribution is -2.68. The average Bonchev–Trinajstić information content (AvgIpc) is 2.91. The number of ether oxygens (including phenoxy) is 1. The summed E-state index contributed by atoms with van der Waals surface area (Å²) < 4.78 is 7.40. The van der Waals surface area contributed by atoms with E-state index in [1.54, 1.807) is 13.2 Å². The number of nitrogens with one attached hydrogen (secondary N) is 2. The summed E-state index contributed by atoms with van der Waals surface area (Å²) in [4.78, 5) is 14.2. The number of hydrogen-bond acceptors (Lipinski definition) is 4. The van der Waals surface area contributed by atoms with Gasteiger partial charge in [0.25, 0.3) is 0 Å². The number of aromatic nitrogens is 2. The Balaban J connectivity index is 1.84. The van der Waals surface area contributed by atoms with Gasteiger partial charge < -0.3 is 15.0 Å². The van der Waals surface area contributed by atoms with Crippen LogP contribution in [0.4, 0.5) is 10.6 Å². The van der Waals surface area contributed by atoms with Crippen LogP contribution in [0.15, 0.2) is 12.3 Å². The summed E-state index contributed by atoms with van der Waals surface area (Å²) in [5, 5.41) is 10.2. The molecule has 7 nitrogen and oxygen atoms in total. The van der Waals surface area contributed by atoms with E-state index in [1.165, 1.54) is 0 Å². The number of carbonyl (C=O) groups is 1. The Bertz CT molecular complexity index is 554. The largest absolute Gasteiger partial charge is 0.378 e. The van der Waals surface area contributed by atoms with Crippen molar-refractivity contribution < 1.29 is 9.53 Å². The van der Waals surface area contributed by atoms with Crippen molar-refractivity contribution in [2.45, 2.75) is 45.4 Å². The fourth-order valence-corrected chi connectivity index (χ4v) is 2.89. The molecule has 0 saturated heterocycles. The zero-order valence-corrected chi connectivity index (χ0v) is 15.0. The molecule has 1 aromatic rings. The fraction of sp³-hybridized carbons (Fsp3) is 0.750. The van der Waals surface area contributed by atoms with Gasteiger partial charge in [-0.15, -0.1) is 0 Å². The maximum absolute atomic E-state index is 12.2. The lowest BCUT2D eigenvalue weighted by Gasteiger charge is -2.58. The topological polar surface area (TPSA) is 71.4 Å². The normalized spacial score (nSPS) is 26.0. The molecular formula is C16H29N5O2. The Hall–Kier alpha value is -1.60. The molecule has 2 atom stereocenters. The number of amides is 2. The van der Waals surface area contributed by atoms with Gasteiger partial charge in [-0.25, -0.2) is 4.79 Å². The quantitative estimate of drug-likeness (QED) is 0.837. The van der Waals surface area contributed by atoms with Gasteiger partial charge in [-0.3, -0.25) is 10.00 Å². The Morgan fingerprint density at radius 3 is 2.74 bits per heavy atom. The Kier molecular flexibility index (Phi) is 5.01. The van der Waals surface area contributed by atoms with Gasteiger partial charge >= 0.3 is 6.03 Å². The van der Waals surface area contributed by atoms with E-state index in [0.29, 0.717) is 5.82 Å². The summed E-state index contributed by atoms with van der Waals surface area (Å²) in [6, 6.07) is 1.67. The number of anilines is 1. The first-order chi connectivity index (χ1) is 10.7. The van der Waals surface area contributed by atoms with E-state index in [-0.39, 0.29) is 23.1 Å². The van der Waals surface area contributed by atoms with Crippen molar-refractivity contribution in [1.82, 2.24) is 20.0 Å². The Morgan fingerprint density at radius 2 is 2.17 bits per heavy atom. The summed E-state index contributed by atoms with van der Waals surface area (Å²) in [6.45, 7) is 7.99. The third-order valence-electron chi connectivity index (χ3n) is 5.24. The first kappa shape index (κ1) is 17.7. The van der Waals surface area contributed by atoms with E-state index in [4.69, 9.17) is 4.74 Å². The van der Waals surface area contributed by atoms with E-state index < -0.39 is 0 Å². The monoisotopic (exact) mass is 323 g/mol. The molecule has 2 amide bonds. The van der Waals surface area contributed by atoms with E-state index in [1.807, 2.05) is 25.0 Å². The van der Waals surface area contributed by atoms with Crippen LogP contribution >= 0.6 is 0 Å². The molecular weight excluding hydrogens is 294 g/mol. The predicted octanol–water partition coefficient (Wildman–Crippen LogP) is 1.77. The van der Waals surface area contributed by atoms with Gasteiger partial charge in [0, 0.05) is 37.4 Å². The van der Waals surface area contributed by atoms with Crippen molar-refractivity contribution >= 4 is 11.8 Å². The zero-order valence-electron chi connectivity index (χ0n) is 15.0. The van der Waals surface area contributed by atoms with Gasteiger partial charge in [-0.05, 0) is 27.4 Å². The van der Waals surface area contributed by atoms with Gasteiger partial charge in [0.1, 0.15) is 0 Å². The maximum Gasteiger partial charge on any atom is 0.320 e. The van der Waals surface area contributed by atoms with Gasteiger partial charge in [0.2, 0.25) is 0 Å². The van der Waals surface area contributed by atoms with Crippen LogP contribution in [0.25, 0.3) is 0 Å². The molecule has 0 unspecified atom stereocenters. The van der Waals surface area contributed by atoms with Gasteiger partial charge in [0.15, 0.2) is 5.82 Å². The van der Waals surface area contributed by atoms with Gasteiger partial charge in [0.05, 0.1) is 12.1 Å². The fourth-order valence-electron chi connectivity index (χ4n) is 2.89. The smallest absolute Gasteiger partial charge is 0.320 e. The number of hydrogen-bond donors (Lipinski definition) is 2. The minimum atomic E-state index is -0.223. The first-order valence-corrected chi connectivity index (χ1v) is 7.99. The predicted molar refractivity (Wildman–Crippen MR) is 90.5 cm³/mol. The van der Waals surface area contributed by atoms with E-state index in [2.05, 4.69) is 41.4 Å². The van der Waals surface area contributed by atoms with Crippen molar-refractivity contribution in [3.63, 3.8) is 0 Å². The van der Waals surface area contributed by atoms with E-state index >= 15 is 0 Å². The van der Waals surface area contributed by atoms with Crippen LogP contribution in [0, 0.1) is 5.41 Å². The highest BCUT2D eigenvalue weighted by Crippen LogP contribution is 2.51. The lowest BCUT2D eigenvalue weighted by atomic mass is 9.56. The number of carbonyl (C=O) groups excluding carboxylic acids is 1. The lowest BCUT2D eigenvalue weighted by molar-refractivity contribution is -0.177. The Morgan fingerprint density at radius 1 is 1.48 bits per heavy atom. The molecule has 0 spiro atoms. The number of rotatable bonds is 6. The molecule has 1 aliphatic rings. The van der Waals surface area contributed by atoms with Crippen molar-refractivity contribution in [2.24, 2.45) is 5.41 Å². The van der Waals surface area contributed by atoms with Crippen LogP contribution in [-0.2, 0) is 11.3 Å². The molecule has 0 radical (unpaired) electrons. The van der Waals surface area contributed by atoms with Crippen molar-refractivity contribution in [3.05, 3.63) is 12.3 Å². The average molecular weight is 323 g/mol. The van der Waals surface area contributed by atoms with Gasteiger partial charge in [-0.2, -0.15) is 5.10 Å². The minimum absolute atomic E-state index is 0.0864. The molecule has 0 aromatic carbocycles. The molecule has 2 rings (SSSR count). The van der Waals surface area contributed by atoms with Crippen LogP contribution < -0.4 is 10.6 Å². The highest BCUT2D eigenvalue weighted by Gasteiger charge is 2.58. The summed E-state index contributed by atoms with van der Waals surface area (Å²) in [5.74, 6) is 0.563. The Labute approximate surface area is 138 Å². The second kappa shape index (κ2) is 6.49. The summed E-state index contributed by atoms with van der Waals surface area (Å²) in [6.07, 6.45) is 2.68. The molecule has 0 bridgehead atoms. The minimum Gasteiger partial charge on any atom is -0.378 e. The molecule has 2 N–H and O–H groups in total. The molecule has 1 aliphatic carbocycles. The molecule has 1 aromatic heterocycles. The second-order valence-electron chi connectivity index (χ2n) is 7.28. The molecule has 130 valence electrons. The first-order valence-electron chi connectivity index (χ1n) is 7.99. The summed E-state index contributed by atoms with van der Waals surface area (Å²) >= 11 is 0. The number of methoxy groups -OCH3 is 1. The van der Waals surface area contributed by atoms with Crippen LogP contribution in [0.5, 0.6) is 0 Å². The number of urea groups is 1. The van der Waals surface area contributed by atoms with Gasteiger partial charge in [-0.1, -0.05) is 13.8 Å². The van der Waals surface area contributed by atoms with E-state index in [0.717, 1.165) is 19.5 Å².